The monoisotopic (exact) mass is 292 g/mol. The Hall–Kier alpha value is -2.27. The van der Waals surface area contributed by atoms with Crippen molar-refractivity contribution < 1.29 is 9.66 Å². The molecule has 0 unspecified atom stereocenters. The molecule has 0 aliphatic carbocycles. The summed E-state index contributed by atoms with van der Waals surface area (Å²) in [4.78, 5) is 10.6. The number of benzene rings is 2. The molecule has 0 radical (unpaired) electrons. The van der Waals surface area contributed by atoms with E-state index in [0.29, 0.717) is 5.69 Å². The number of nitro benzene ring substituents is 1. The van der Waals surface area contributed by atoms with Crippen LogP contribution >= 0.6 is 11.6 Å². The molecule has 0 saturated carbocycles. The summed E-state index contributed by atoms with van der Waals surface area (Å²) < 4.78 is 5.17. The first-order valence-electron chi connectivity index (χ1n) is 5.87. The number of nitrogens with zero attached hydrogens (tertiary/aromatic N) is 1. The Balaban J connectivity index is 2.38. The number of hydrogen-bond acceptors (Lipinski definition) is 4. The van der Waals surface area contributed by atoms with Gasteiger partial charge in [0.15, 0.2) is 0 Å². The van der Waals surface area contributed by atoms with Gasteiger partial charge in [-0.25, -0.2) is 0 Å². The molecule has 5 nitrogen and oxygen atoms in total. The number of para-hydroxylation sites is 1. The van der Waals surface area contributed by atoms with E-state index in [4.69, 9.17) is 16.3 Å². The lowest BCUT2D eigenvalue weighted by Gasteiger charge is -2.10. The van der Waals surface area contributed by atoms with Crippen LogP contribution in [0.2, 0.25) is 5.02 Å². The Morgan fingerprint density at radius 1 is 1.30 bits per heavy atom. The third kappa shape index (κ3) is 2.83. The summed E-state index contributed by atoms with van der Waals surface area (Å²) in [5, 5.41) is 14.2. The second kappa shape index (κ2) is 5.79. The van der Waals surface area contributed by atoms with E-state index in [1.165, 1.54) is 6.07 Å². The number of rotatable bonds is 4. The van der Waals surface area contributed by atoms with E-state index in [1.54, 1.807) is 31.4 Å². The number of nitro groups is 1. The highest BCUT2D eigenvalue weighted by Crippen LogP contribution is 2.34. The number of nitrogens with one attached hydrogen (secondary N) is 1. The average Bonchev–Trinajstić information content (AvgIpc) is 2.38. The van der Waals surface area contributed by atoms with Crippen LogP contribution in [0.1, 0.15) is 5.56 Å². The van der Waals surface area contributed by atoms with Gasteiger partial charge in [0.1, 0.15) is 16.5 Å². The minimum absolute atomic E-state index is 0.102. The van der Waals surface area contributed by atoms with Crippen molar-refractivity contribution in [1.82, 2.24) is 0 Å². The summed E-state index contributed by atoms with van der Waals surface area (Å²) in [5.41, 5.74) is 1.88. The molecule has 20 heavy (non-hydrogen) atoms. The van der Waals surface area contributed by atoms with Crippen LogP contribution in [0.15, 0.2) is 36.4 Å². The standard InChI is InChI=1S/C14H13ClN2O3/c1-9-8-10(6-7-13(9)20-2)16-12-5-3-4-11(15)14(12)17(18)19/h3-8,16H,1-2H3. The Kier molecular flexibility index (Phi) is 4.10. The minimum atomic E-state index is -0.499. The molecule has 0 aliphatic rings. The topological polar surface area (TPSA) is 64.4 Å². The first-order valence-corrected chi connectivity index (χ1v) is 6.25. The zero-order valence-electron chi connectivity index (χ0n) is 11.0. The average molecular weight is 293 g/mol. The molecule has 0 aliphatic heterocycles. The molecule has 2 aromatic carbocycles. The third-order valence-electron chi connectivity index (χ3n) is 2.84. The number of ether oxygens (including phenoxy) is 1. The molecule has 0 amide bonds. The van der Waals surface area contributed by atoms with E-state index in [-0.39, 0.29) is 10.7 Å². The van der Waals surface area contributed by atoms with Crippen LogP contribution in [-0.2, 0) is 0 Å². The van der Waals surface area contributed by atoms with Gasteiger partial charge in [-0.2, -0.15) is 0 Å². The van der Waals surface area contributed by atoms with Gasteiger partial charge < -0.3 is 10.1 Å². The summed E-state index contributed by atoms with van der Waals surface area (Å²) in [6.45, 7) is 1.90. The van der Waals surface area contributed by atoms with Crippen molar-refractivity contribution in [2.45, 2.75) is 6.92 Å². The van der Waals surface area contributed by atoms with E-state index in [1.807, 2.05) is 13.0 Å². The molecule has 0 atom stereocenters. The van der Waals surface area contributed by atoms with E-state index < -0.39 is 4.92 Å². The Morgan fingerprint density at radius 3 is 2.65 bits per heavy atom. The van der Waals surface area contributed by atoms with Crippen LogP contribution in [0.25, 0.3) is 0 Å². The zero-order chi connectivity index (χ0) is 14.7. The smallest absolute Gasteiger partial charge is 0.311 e. The Bertz CT molecular complexity index is 659. The molecular weight excluding hydrogens is 280 g/mol. The van der Waals surface area contributed by atoms with Gasteiger partial charge in [-0.1, -0.05) is 17.7 Å². The Labute approximate surface area is 121 Å². The molecule has 0 aromatic heterocycles. The van der Waals surface area contributed by atoms with Crippen LogP contribution < -0.4 is 10.1 Å². The maximum Gasteiger partial charge on any atom is 0.311 e. The van der Waals surface area contributed by atoms with Gasteiger partial charge >= 0.3 is 5.69 Å². The second-order valence-corrected chi connectivity index (χ2v) is 4.61. The quantitative estimate of drug-likeness (QED) is 0.673. The van der Waals surface area contributed by atoms with Crippen LogP contribution in [0.5, 0.6) is 5.75 Å². The molecule has 0 saturated heterocycles. The minimum Gasteiger partial charge on any atom is -0.496 e. The van der Waals surface area contributed by atoms with Crippen LogP contribution in [0, 0.1) is 17.0 Å². The fourth-order valence-electron chi connectivity index (χ4n) is 1.91. The van der Waals surface area contributed by atoms with Crippen molar-refractivity contribution >= 4 is 28.7 Å². The van der Waals surface area contributed by atoms with Crippen molar-refractivity contribution in [3.63, 3.8) is 0 Å². The van der Waals surface area contributed by atoms with E-state index >= 15 is 0 Å². The first kappa shape index (κ1) is 14.1. The van der Waals surface area contributed by atoms with Crippen molar-refractivity contribution in [3.8, 4) is 5.75 Å². The molecule has 6 heteroatoms. The number of aryl methyl sites for hydroxylation is 1. The number of halogens is 1. The predicted molar refractivity (Wildman–Crippen MR) is 79.1 cm³/mol. The van der Waals surface area contributed by atoms with Crippen LogP contribution in [-0.4, -0.2) is 12.0 Å². The molecule has 2 aromatic rings. The molecule has 0 fully saturated rings. The van der Waals surface area contributed by atoms with E-state index in [0.717, 1.165) is 17.0 Å². The first-order chi connectivity index (χ1) is 9.52. The van der Waals surface area contributed by atoms with Crippen molar-refractivity contribution in [3.05, 3.63) is 57.1 Å². The maximum absolute atomic E-state index is 11.1. The lowest BCUT2D eigenvalue weighted by Crippen LogP contribution is -1.98. The zero-order valence-corrected chi connectivity index (χ0v) is 11.8. The highest BCUT2D eigenvalue weighted by Gasteiger charge is 2.18. The van der Waals surface area contributed by atoms with Gasteiger partial charge in [0.05, 0.1) is 12.0 Å². The third-order valence-corrected chi connectivity index (χ3v) is 3.15. The van der Waals surface area contributed by atoms with Crippen molar-refractivity contribution in [2.75, 3.05) is 12.4 Å². The lowest BCUT2D eigenvalue weighted by molar-refractivity contribution is -0.383. The van der Waals surface area contributed by atoms with Gasteiger partial charge in [0.2, 0.25) is 0 Å². The fourth-order valence-corrected chi connectivity index (χ4v) is 2.16. The van der Waals surface area contributed by atoms with Crippen molar-refractivity contribution in [1.29, 1.82) is 0 Å². The van der Waals surface area contributed by atoms with Crippen LogP contribution in [0.4, 0.5) is 17.1 Å². The van der Waals surface area contributed by atoms with Gasteiger partial charge in [0.25, 0.3) is 0 Å². The fraction of sp³-hybridized carbons (Fsp3) is 0.143. The largest absolute Gasteiger partial charge is 0.496 e. The van der Waals surface area contributed by atoms with Gasteiger partial charge in [0, 0.05) is 5.69 Å². The SMILES string of the molecule is COc1ccc(Nc2cccc(Cl)c2[N+](=O)[O-])cc1C. The molecule has 1 N–H and O–H groups in total. The van der Waals surface area contributed by atoms with E-state index in [9.17, 15) is 10.1 Å². The molecular formula is C14H13ClN2O3. The predicted octanol–water partition coefficient (Wildman–Crippen LogP) is 4.31. The number of hydrogen-bond donors (Lipinski definition) is 1. The molecule has 2 rings (SSSR count). The summed E-state index contributed by atoms with van der Waals surface area (Å²) in [6, 6.07) is 10.2. The summed E-state index contributed by atoms with van der Waals surface area (Å²) in [7, 11) is 1.59. The van der Waals surface area contributed by atoms with Gasteiger partial charge in [-0.05, 0) is 42.8 Å². The molecule has 104 valence electrons. The highest BCUT2D eigenvalue weighted by atomic mass is 35.5. The highest BCUT2D eigenvalue weighted by molar-refractivity contribution is 6.33. The normalized spacial score (nSPS) is 10.2. The summed E-state index contributed by atoms with van der Waals surface area (Å²) in [5.74, 6) is 0.760. The number of anilines is 2. The van der Waals surface area contributed by atoms with Gasteiger partial charge in [-0.15, -0.1) is 0 Å². The summed E-state index contributed by atoms with van der Waals surface area (Å²) >= 11 is 5.87. The second-order valence-electron chi connectivity index (χ2n) is 4.20. The lowest BCUT2D eigenvalue weighted by atomic mass is 10.2. The van der Waals surface area contributed by atoms with Crippen LogP contribution in [0.3, 0.4) is 0 Å². The Morgan fingerprint density at radius 2 is 2.05 bits per heavy atom. The molecule has 0 bridgehead atoms. The summed E-state index contributed by atoms with van der Waals surface area (Å²) in [6.07, 6.45) is 0. The van der Waals surface area contributed by atoms with Gasteiger partial charge in [-0.3, -0.25) is 10.1 Å². The molecule has 0 heterocycles. The van der Waals surface area contributed by atoms with E-state index in [2.05, 4.69) is 5.32 Å². The maximum atomic E-state index is 11.1. The van der Waals surface area contributed by atoms with Crippen molar-refractivity contribution in [2.24, 2.45) is 0 Å². The molecule has 0 spiro atoms. The number of methoxy groups -OCH3 is 1.